The molecule has 0 spiro atoms. The second kappa shape index (κ2) is 4.93. The maximum Gasteiger partial charge on any atom is 0.0973 e. The van der Waals surface area contributed by atoms with Crippen LogP contribution in [-0.4, -0.2) is 24.5 Å². The second-order valence-corrected chi connectivity index (χ2v) is 5.16. The van der Waals surface area contributed by atoms with Crippen molar-refractivity contribution >= 4 is 11.5 Å². The van der Waals surface area contributed by atoms with E-state index in [1.807, 2.05) is 33.2 Å². The molecule has 0 aliphatic carbocycles. The van der Waals surface area contributed by atoms with Crippen LogP contribution in [0.1, 0.15) is 42.1 Å². The van der Waals surface area contributed by atoms with Crippen LogP contribution >= 0.6 is 11.5 Å². The van der Waals surface area contributed by atoms with Crippen LogP contribution in [0.15, 0.2) is 12.3 Å². The highest BCUT2D eigenvalue weighted by atomic mass is 32.1. The van der Waals surface area contributed by atoms with E-state index in [1.54, 1.807) is 4.68 Å². The van der Waals surface area contributed by atoms with E-state index in [0.29, 0.717) is 6.42 Å². The number of aromatic nitrogens is 4. The molecule has 6 heteroatoms. The average molecular weight is 252 g/mol. The molecule has 0 fully saturated rings. The van der Waals surface area contributed by atoms with Crippen LogP contribution in [0, 0.1) is 0 Å². The zero-order valence-electron chi connectivity index (χ0n) is 10.2. The molecule has 17 heavy (non-hydrogen) atoms. The Labute approximate surface area is 104 Å². The highest BCUT2D eigenvalue weighted by molar-refractivity contribution is 7.05. The van der Waals surface area contributed by atoms with E-state index in [1.165, 1.54) is 11.5 Å². The van der Waals surface area contributed by atoms with Crippen molar-refractivity contribution in [2.75, 3.05) is 0 Å². The van der Waals surface area contributed by atoms with Gasteiger partial charge in [-0.05, 0) is 23.5 Å². The van der Waals surface area contributed by atoms with E-state index in [-0.39, 0.29) is 5.92 Å². The fourth-order valence-corrected chi connectivity index (χ4v) is 2.49. The fraction of sp³-hybridized carbons (Fsp3) is 0.545. The molecule has 0 radical (unpaired) electrons. The van der Waals surface area contributed by atoms with Gasteiger partial charge in [-0.1, -0.05) is 18.3 Å². The largest absolute Gasteiger partial charge is 0.387 e. The zero-order chi connectivity index (χ0) is 12.4. The monoisotopic (exact) mass is 252 g/mol. The molecule has 1 atom stereocenters. The molecule has 0 aliphatic rings. The zero-order valence-corrected chi connectivity index (χ0v) is 11.0. The maximum atomic E-state index is 10.2. The third kappa shape index (κ3) is 2.70. The molecule has 0 amide bonds. The highest BCUT2D eigenvalue weighted by Gasteiger charge is 2.20. The Morgan fingerprint density at radius 1 is 1.47 bits per heavy atom. The lowest BCUT2D eigenvalue weighted by atomic mass is 10.1. The van der Waals surface area contributed by atoms with Gasteiger partial charge in [-0.25, -0.2) is 0 Å². The number of hydrogen-bond donors (Lipinski definition) is 1. The van der Waals surface area contributed by atoms with E-state index in [0.717, 1.165) is 16.3 Å². The molecule has 5 nitrogen and oxygen atoms in total. The average Bonchev–Trinajstić information content (AvgIpc) is 2.86. The van der Waals surface area contributed by atoms with Crippen LogP contribution in [0.5, 0.6) is 0 Å². The normalized spacial score (nSPS) is 13.2. The van der Waals surface area contributed by atoms with Crippen molar-refractivity contribution in [2.24, 2.45) is 7.05 Å². The quantitative estimate of drug-likeness (QED) is 0.899. The molecule has 0 bridgehead atoms. The Morgan fingerprint density at radius 2 is 2.24 bits per heavy atom. The molecular weight excluding hydrogens is 236 g/mol. The Balaban J connectivity index is 2.14. The minimum Gasteiger partial charge on any atom is -0.387 e. The summed E-state index contributed by atoms with van der Waals surface area (Å²) in [5.74, 6) is 0.280. The number of aliphatic hydroxyl groups is 1. The van der Waals surface area contributed by atoms with Gasteiger partial charge in [-0.2, -0.15) is 5.10 Å². The molecule has 92 valence electrons. The topological polar surface area (TPSA) is 63.8 Å². The molecule has 1 N–H and O–H groups in total. The molecule has 2 heterocycles. The number of rotatable bonds is 4. The van der Waals surface area contributed by atoms with Crippen molar-refractivity contribution in [1.82, 2.24) is 19.4 Å². The van der Waals surface area contributed by atoms with Gasteiger partial charge in [0.1, 0.15) is 0 Å². The Morgan fingerprint density at radius 3 is 2.82 bits per heavy atom. The summed E-state index contributed by atoms with van der Waals surface area (Å²) in [6.07, 6.45) is 1.81. The van der Waals surface area contributed by atoms with Gasteiger partial charge in [-0.15, -0.1) is 5.10 Å². The van der Waals surface area contributed by atoms with Gasteiger partial charge >= 0.3 is 0 Å². The fourth-order valence-electron chi connectivity index (χ4n) is 1.70. The first-order valence-corrected chi connectivity index (χ1v) is 6.34. The number of nitrogens with zero attached hydrogens (tertiary/aromatic N) is 4. The number of hydrogen-bond acceptors (Lipinski definition) is 5. The highest BCUT2D eigenvalue weighted by Crippen LogP contribution is 2.27. The predicted molar refractivity (Wildman–Crippen MR) is 65.9 cm³/mol. The van der Waals surface area contributed by atoms with Gasteiger partial charge in [-0.3, -0.25) is 4.68 Å². The van der Waals surface area contributed by atoms with Crippen molar-refractivity contribution in [1.29, 1.82) is 0 Å². The van der Waals surface area contributed by atoms with Gasteiger partial charge in [0.2, 0.25) is 0 Å². The minimum absolute atomic E-state index is 0.280. The summed E-state index contributed by atoms with van der Waals surface area (Å²) < 4.78 is 5.65. The summed E-state index contributed by atoms with van der Waals surface area (Å²) in [6.45, 7) is 4.10. The lowest BCUT2D eigenvalue weighted by molar-refractivity contribution is 0.179. The molecule has 2 rings (SSSR count). The first-order valence-electron chi connectivity index (χ1n) is 5.56. The summed E-state index contributed by atoms with van der Waals surface area (Å²) in [7, 11) is 1.86. The van der Waals surface area contributed by atoms with Gasteiger partial charge in [0.05, 0.1) is 22.4 Å². The summed E-state index contributed by atoms with van der Waals surface area (Å²) >= 11 is 1.27. The van der Waals surface area contributed by atoms with Gasteiger partial charge in [0.25, 0.3) is 0 Å². The van der Waals surface area contributed by atoms with Crippen molar-refractivity contribution in [3.63, 3.8) is 0 Å². The van der Waals surface area contributed by atoms with E-state index < -0.39 is 6.10 Å². The van der Waals surface area contributed by atoms with E-state index >= 15 is 0 Å². The smallest absolute Gasteiger partial charge is 0.0973 e. The molecule has 2 aromatic rings. The standard InChI is InChI=1S/C11H16N4OS/c1-7(2)10-11(17-14-12-10)9(16)6-8-4-5-15(3)13-8/h4-5,7,9,16H,6H2,1-3H3. The van der Waals surface area contributed by atoms with Crippen molar-refractivity contribution in [2.45, 2.75) is 32.3 Å². The van der Waals surface area contributed by atoms with Crippen LogP contribution in [0.2, 0.25) is 0 Å². The molecule has 1 unspecified atom stereocenters. The predicted octanol–water partition coefficient (Wildman–Crippen LogP) is 1.67. The van der Waals surface area contributed by atoms with Crippen LogP contribution in [-0.2, 0) is 13.5 Å². The number of aliphatic hydroxyl groups excluding tert-OH is 1. The molecule has 0 saturated carbocycles. The Bertz CT molecular complexity index is 491. The minimum atomic E-state index is -0.567. The maximum absolute atomic E-state index is 10.2. The number of aryl methyl sites for hydroxylation is 1. The Hall–Kier alpha value is -1.27. The second-order valence-electron chi connectivity index (χ2n) is 4.38. The van der Waals surface area contributed by atoms with Crippen molar-refractivity contribution < 1.29 is 5.11 Å². The molecule has 0 saturated heterocycles. The summed E-state index contributed by atoms with van der Waals surface area (Å²) in [4.78, 5) is 0.852. The van der Waals surface area contributed by atoms with E-state index in [4.69, 9.17) is 0 Å². The molecule has 2 aromatic heterocycles. The third-order valence-corrected chi connectivity index (χ3v) is 3.40. The van der Waals surface area contributed by atoms with Crippen molar-refractivity contribution in [3.05, 3.63) is 28.5 Å². The lowest BCUT2D eigenvalue weighted by Gasteiger charge is -2.09. The summed E-state index contributed by atoms with van der Waals surface area (Å²) in [5.41, 5.74) is 1.77. The first-order chi connectivity index (χ1) is 8.08. The summed E-state index contributed by atoms with van der Waals surface area (Å²) in [6, 6.07) is 1.91. The first kappa shape index (κ1) is 12.2. The Kier molecular flexibility index (Phi) is 3.54. The van der Waals surface area contributed by atoms with Gasteiger partial charge in [0.15, 0.2) is 0 Å². The van der Waals surface area contributed by atoms with Crippen molar-refractivity contribution in [3.8, 4) is 0 Å². The van der Waals surface area contributed by atoms with Gasteiger partial charge in [0, 0.05) is 19.7 Å². The van der Waals surface area contributed by atoms with Gasteiger partial charge < -0.3 is 5.11 Å². The van der Waals surface area contributed by atoms with Crippen LogP contribution in [0.25, 0.3) is 0 Å². The SMILES string of the molecule is CC(C)c1nnsc1C(O)Cc1ccn(C)n1. The van der Waals surface area contributed by atoms with Crippen LogP contribution in [0.4, 0.5) is 0 Å². The molecule has 0 aromatic carbocycles. The summed E-state index contributed by atoms with van der Waals surface area (Å²) in [5, 5.41) is 18.5. The van der Waals surface area contributed by atoms with Crippen LogP contribution < -0.4 is 0 Å². The third-order valence-electron chi connectivity index (χ3n) is 2.56. The molecular formula is C11H16N4OS. The van der Waals surface area contributed by atoms with E-state index in [9.17, 15) is 5.11 Å². The van der Waals surface area contributed by atoms with E-state index in [2.05, 4.69) is 14.7 Å². The lowest BCUT2D eigenvalue weighted by Crippen LogP contribution is -2.05. The molecule has 0 aliphatic heterocycles. The van der Waals surface area contributed by atoms with Crippen LogP contribution in [0.3, 0.4) is 0 Å².